The van der Waals surface area contributed by atoms with Gasteiger partial charge in [0.05, 0.1) is 30.1 Å². The van der Waals surface area contributed by atoms with Gasteiger partial charge in [0.25, 0.3) is 0 Å². The van der Waals surface area contributed by atoms with Crippen LogP contribution in [0.4, 0.5) is 0 Å². The topological polar surface area (TPSA) is 82.1 Å². The van der Waals surface area contributed by atoms with Crippen molar-refractivity contribution in [1.29, 1.82) is 0 Å². The molecule has 0 amide bonds. The number of aliphatic hydroxyl groups is 1. The van der Waals surface area contributed by atoms with Gasteiger partial charge in [-0.05, 0) is 58.9 Å². The maximum atomic E-state index is 12.1. The molecule has 0 spiro atoms. The predicted octanol–water partition coefficient (Wildman–Crippen LogP) is 5.62. The van der Waals surface area contributed by atoms with Crippen LogP contribution in [0.1, 0.15) is 85.3 Å². The Morgan fingerprint density at radius 3 is 1.76 bits per heavy atom. The molecule has 1 rings (SSSR count). The lowest BCUT2D eigenvalue weighted by Crippen LogP contribution is -2.31. The van der Waals surface area contributed by atoms with Gasteiger partial charge in [-0.2, -0.15) is 0 Å². The van der Waals surface area contributed by atoms with Crippen molar-refractivity contribution in [2.75, 3.05) is 19.8 Å². The smallest absolute Gasteiger partial charge is 0.311 e. The standard InChI is InChI=1S/C18H28O3.C9H18O3/c1-6-18(5,7-2)17(19)21-12-15(4)20-13-16-10-8-14(3)9-11-16;1-4-9(3,5-2)8(11)12-7-6-10/h8-11,15H,6-7,12-13H2,1-5H3;10H,4-7H2,1-3H3. The Balaban J connectivity index is 0.000000728. The third-order valence-electron chi connectivity index (χ3n) is 6.54. The van der Waals surface area contributed by atoms with Gasteiger partial charge < -0.3 is 19.3 Å². The number of carbonyl (C=O) groups is 2. The van der Waals surface area contributed by atoms with Crippen molar-refractivity contribution in [3.8, 4) is 0 Å². The Labute approximate surface area is 201 Å². The van der Waals surface area contributed by atoms with Crippen molar-refractivity contribution in [1.82, 2.24) is 0 Å². The average Bonchev–Trinajstić information content (AvgIpc) is 2.84. The third-order valence-corrected chi connectivity index (χ3v) is 6.54. The zero-order chi connectivity index (χ0) is 25.5. The van der Waals surface area contributed by atoms with Crippen LogP contribution in [0.3, 0.4) is 0 Å². The molecule has 0 aliphatic carbocycles. The van der Waals surface area contributed by atoms with Crippen molar-refractivity contribution >= 4 is 11.9 Å². The number of benzene rings is 1. The highest BCUT2D eigenvalue weighted by molar-refractivity contribution is 5.76. The number of hydrogen-bond donors (Lipinski definition) is 1. The fourth-order valence-electron chi connectivity index (χ4n) is 2.73. The second-order valence-corrected chi connectivity index (χ2v) is 9.10. The van der Waals surface area contributed by atoms with Gasteiger partial charge in [0.1, 0.15) is 13.2 Å². The SMILES string of the molecule is CCC(C)(CC)C(=O)OCC(C)OCc1ccc(C)cc1.CCC(C)(CC)C(=O)OCCO. The van der Waals surface area contributed by atoms with Gasteiger partial charge in [0, 0.05) is 0 Å². The minimum Gasteiger partial charge on any atom is -0.463 e. The van der Waals surface area contributed by atoms with Crippen LogP contribution in [0, 0.1) is 17.8 Å². The van der Waals surface area contributed by atoms with Gasteiger partial charge in [-0.15, -0.1) is 0 Å². The van der Waals surface area contributed by atoms with E-state index in [1.165, 1.54) is 5.56 Å². The fourth-order valence-corrected chi connectivity index (χ4v) is 2.73. The molecule has 6 heteroatoms. The first-order valence-corrected chi connectivity index (χ1v) is 12.1. The first-order valence-electron chi connectivity index (χ1n) is 12.1. The molecule has 1 unspecified atom stereocenters. The van der Waals surface area contributed by atoms with Gasteiger partial charge >= 0.3 is 11.9 Å². The Bertz CT molecular complexity index is 674. The molecule has 190 valence electrons. The maximum absolute atomic E-state index is 12.1. The molecule has 0 saturated heterocycles. The van der Waals surface area contributed by atoms with E-state index in [-0.39, 0.29) is 42.1 Å². The van der Waals surface area contributed by atoms with Gasteiger partial charge in [-0.3, -0.25) is 9.59 Å². The zero-order valence-corrected chi connectivity index (χ0v) is 22.0. The van der Waals surface area contributed by atoms with Crippen molar-refractivity contribution in [2.24, 2.45) is 10.8 Å². The van der Waals surface area contributed by atoms with E-state index in [0.29, 0.717) is 13.2 Å². The highest BCUT2D eigenvalue weighted by Gasteiger charge is 2.31. The third kappa shape index (κ3) is 11.2. The maximum Gasteiger partial charge on any atom is 0.311 e. The van der Waals surface area contributed by atoms with Gasteiger partial charge in [0.15, 0.2) is 0 Å². The monoisotopic (exact) mass is 466 g/mol. The highest BCUT2D eigenvalue weighted by Crippen LogP contribution is 2.27. The number of aryl methyl sites for hydroxylation is 1. The molecule has 6 nitrogen and oxygen atoms in total. The van der Waals surface area contributed by atoms with E-state index in [1.807, 2.05) is 48.5 Å². The summed E-state index contributed by atoms with van der Waals surface area (Å²) in [5, 5.41) is 8.45. The van der Waals surface area contributed by atoms with Gasteiger partial charge in [0.2, 0.25) is 0 Å². The molecule has 0 aliphatic rings. The molecule has 0 saturated carbocycles. The lowest BCUT2D eigenvalue weighted by Gasteiger charge is -2.25. The normalized spacial score (nSPS) is 12.4. The number of aliphatic hydroxyl groups excluding tert-OH is 1. The summed E-state index contributed by atoms with van der Waals surface area (Å²) >= 11 is 0. The lowest BCUT2D eigenvalue weighted by atomic mass is 9.85. The quantitative estimate of drug-likeness (QED) is 0.380. The van der Waals surface area contributed by atoms with Crippen molar-refractivity contribution < 1.29 is 28.9 Å². The molecule has 33 heavy (non-hydrogen) atoms. The van der Waals surface area contributed by atoms with Crippen LogP contribution in [-0.4, -0.2) is 43.0 Å². The van der Waals surface area contributed by atoms with E-state index in [9.17, 15) is 9.59 Å². The van der Waals surface area contributed by atoms with Crippen LogP contribution in [0.25, 0.3) is 0 Å². The average molecular weight is 467 g/mol. The van der Waals surface area contributed by atoms with Gasteiger partial charge in [-0.25, -0.2) is 0 Å². The molecule has 0 heterocycles. The molecule has 0 aliphatic heterocycles. The molecule has 1 aromatic carbocycles. The minimum atomic E-state index is -0.380. The summed E-state index contributed by atoms with van der Waals surface area (Å²) < 4.78 is 16.0. The molecule has 1 N–H and O–H groups in total. The highest BCUT2D eigenvalue weighted by atomic mass is 16.6. The number of hydrogen-bond acceptors (Lipinski definition) is 6. The molecular formula is C27H46O6. The number of esters is 2. The van der Waals surface area contributed by atoms with E-state index in [0.717, 1.165) is 31.2 Å². The Morgan fingerprint density at radius 2 is 1.33 bits per heavy atom. The van der Waals surface area contributed by atoms with E-state index >= 15 is 0 Å². The Morgan fingerprint density at radius 1 is 0.879 bits per heavy atom. The Kier molecular flexibility index (Phi) is 14.9. The second-order valence-electron chi connectivity index (χ2n) is 9.10. The zero-order valence-electron chi connectivity index (χ0n) is 22.0. The predicted molar refractivity (Wildman–Crippen MR) is 132 cm³/mol. The first kappa shape index (κ1) is 31.1. The van der Waals surface area contributed by atoms with Crippen LogP contribution >= 0.6 is 0 Å². The van der Waals surface area contributed by atoms with E-state index in [4.69, 9.17) is 19.3 Å². The largest absolute Gasteiger partial charge is 0.463 e. The first-order chi connectivity index (χ1) is 15.5. The molecule has 0 bridgehead atoms. The summed E-state index contributed by atoms with van der Waals surface area (Å²) in [6.45, 7) is 16.6. The molecule has 1 atom stereocenters. The van der Waals surface area contributed by atoms with Crippen LogP contribution < -0.4 is 0 Å². The van der Waals surface area contributed by atoms with E-state index in [1.54, 1.807) is 0 Å². The van der Waals surface area contributed by atoms with Crippen molar-refractivity contribution in [3.63, 3.8) is 0 Å². The number of rotatable bonds is 13. The van der Waals surface area contributed by atoms with Crippen LogP contribution in [0.15, 0.2) is 24.3 Å². The summed E-state index contributed by atoms with van der Waals surface area (Å²) in [6.07, 6.45) is 3.02. The molecule has 1 aromatic rings. The fraction of sp³-hybridized carbons (Fsp3) is 0.704. The van der Waals surface area contributed by atoms with Crippen LogP contribution in [0.2, 0.25) is 0 Å². The summed E-state index contributed by atoms with van der Waals surface area (Å²) in [5.74, 6) is -0.333. The number of carbonyl (C=O) groups excluding carboxylic acids is 2. The summed E-state index contributed by atoms with van der Waals surface area (Å²) in [5.41, 5.74) is 1.61. The number of ether oxygens (including phenoxy) is 3. The van der Waals surface area contributed by atoms with E-state index in [2.05, 4.69) is 31.2 Å². The minimum absolute atomic E-state index is 0.102. The van der Waals surface area contributed by atoms with Crippen LogP contribution in [0.5, 0.6) is 0 Å². The summed E-state index contributed by atoms with van der Waals surface area (Å²) in [7, 11) is 0. The van der Waals surface area contributed by atoms with Crippen molar-refractivity contribution in [3.05, 3.63) is 35.4 Å². The Hall–Kier alpha value is -1.92. The molecule has 0 radical (unpaired) electrons. The lowest BCUT2D eigenvalue weighted by molar-refractivity contribution is -0.159. The van der Waals surface area contributed by atoms with Crippen LogP contribution in [-0.2, 0) is 30.4 Å². The molecule has 0 fully saturated rings. The summed E-state index contributed by atoms with van der Waals surface area (Å²) in [6, 6.07) is 8.24. The summed E-state index contributed by atoms with van der Waals surface area (Å²) in [4.78, 5) is 23.4. The van der Waals surface area contributed by atoms with Gasteiger partial charge in [-0.1, -0.05) is 57.5 Å². The van der Waals surface area contributed by atoms with E-state index < -0.39 is 0 Å². The second kappa shape index (κ2) is 15.8. The van der Waals surface area contributed by atoms with Crippen molar-refractivity contribution in [2.45, 2.75) is 93.8 Å². The molecular weight excluding hydrogens is 420 g/mol. The molecule has 0 aromatic heterocycles.